The van der Waals surface area contributed by atoms with Gasteiger partial charge in [-0.2, -0.15) is 0 Å². The molecule has 2 aromatic heterocycles. The van der Waals surface area contributed by atoms with Crippen molar-refractivity contribution in [3.05, 3.63) is 100 Å². The number of likely N-dealkylation sites (tertiary alicyclic amines) is 2. The largest absolute Gasteiger partial charge is 0.358 e. The number of fused-ring (bicyclic) bond motifs is 6. The molecule has 10 nitrogen and oxygen atoms in total. The lowest BCUT2D eigenvalue weighted by molar-refractivity contribution is 0.0689. The second kappa shape index (κ2) is 15.2. The number of piperidine rings is 2. The van der Waals surface area contributed by atoms with Crippen LogP contribution in [0.4, 0.5) is 0 Å². The highest BCUT2D eigenvalue weighted by atomic mass is 32.2. The predicted octanol–water partition coefficient (Wildman–Crippen LogP) is 6.77. The fourth-order valence-electron chi connectivity index (χ4n) is 8.83. The van der Waals surface area contributed by atoms with Crippen molar-refractivity contribution in [1.29, 1.82) is 0 Å². The van der Waals surface area contributed by atoms with Crippen molar-refractivity contribution in [2.24, 2.45) is 11.8 Å². The third-order valence-corrected chi connectivity index (χ3v) is 14.1. The molecule has 55 heavy (non-hydrogen) atoms. The highest BCUT2D eigenvalue weighted by Gasteiger charge is 2.31. The van der Waals surface area contributed by atoms with E-state index in [1.165, 1.54) is 20.6 Å². The van der Waals surface area contributed by atoms with Crippen molar-refractivity contribution < 1.29 is 18.0 Å². The molecule has 0 saturated carbocycles. The summed E-state index contributed by atoms with van der Waals surface area (Å²) in [5, 5.41) is 2.09. The molecule has 4 aliphatic heterocycles. The van der Waals surface area contributed by atoms with E-state index in [4.69, 9.17) is 0 Å². The Bertz CT molecular complexity index is 2330. The quantitative estimate of drug-likeness (QED) is 0.217. The number of rotatable bonds is 4. The average molecular weight is 763 g/mol. The average Bonchev–Trinajstić information content (AvgIpc) is 3.73. The number of hydrogen-bond donors (Lipinski definition) is 1. The lowest BCUT2D eigenvalue weighted by Gasteiger charge is -2.30. The Morgan fingerprint density at radius 2 is 1.20 bits per heavy atom. The summed E-state index contributed by atoms with van der Waals surface area (Å²) in [7, 11) is 0.464. The van der Waals surface area contributed by atoms with Crippen LogP contribution in [0.5, 0.6) is 0 Å². The summed E-state index contributed by atoms with van der Waals surface area (Å²) >= 11 is 0. The molecular formula is C44H54N6O4S. The van der Waals surface area contributed by atoms with Crippen LogP contribution in [-0.2, 0) is 36.0 Å². The Morgan fingerprint density at radius 3 is 1.82 bits per heavy atom. The van der Waals surface area contributed by atoms with Crippen molar-refractivity contribution in [3.63, 3.8) is 0 Å². The first-order valence-corrected chi connectivity index (χ1v) is 21.5. The van der Waals surface area contributed by atoms with Gasteiger partial charge < -0.3 is 24.6 Å². The standard InChI is InChI=1S/C25H29N3O3S.C19H25N3O/c1-18-10-14-27(15-11-18)25(29)19-8-9-23-21(16-19)22-17-26(2)13-12-24(22)28(23)32(30,31)20-6-4-3-5-7-20;1-13-5-9-22(10-6-13)19(23)14-3-4-17-15(11-14)16-12-21(2)8-7-18(16)20-17/h3-9,16,18H,10-15,17H2,1-2H3;3-4,11,13,20H,5-10,12H2,1-2H3. The number of benzene rings is 3. The van der Waals surface area contributed by atoms with E-state index in [0.717, 1.165) is 112 Å². The van der Waals surface area contributed by atoms with Gasteiger partial charge in [0.2, 0.25) is 0 Å². The first-order valence-electron chi connectivity index (χ1n) is 20.0. The summed E-state index contributed by atoms with van der Waals surface area (Å²) in [6.07, 6.45) is 6.02. The van der Waals surface area contributed by atoms with E-state index in [1.807, 2.05) is 41.1 Å². The van der Waals surface area contributed by atoms with Gasteiger partial charge in [0.25, 0.3) is 21.8 Å². The van der Waals surface area contributed by atoms with E-state index in [2.05, 4.69) is 47.8 Å². The zero-order valence-electron chi connectivity index (χ0n) is 32.7. The first-order chi connectivity index (χ1) is 26.5. The first kappa shape index (κ1) is 37.5. The summed E-state index contributed by atoms with van der Waals surface area (Å²) < 4.78 is 28.8. The Balaban J connectivity index is 0.000000164. The Morgan fingerprint density at radius 1 is 0.655 bits per heavy atom. The Kier molecular flexibility index (Phi) is 10.4. The highest BCUT2D eigenvalue weighted by Crippen LogP contribution is 2.35. The predicted molar refractivity (Wildman–Crippen MR) is 218 cm³/mol. The molecule has 4 aliphatic rings. The molecule has 0 unspecified atom stereocenters. The van der Waals surface area contributed by atoms with Crippen molar-refractivity contribution >= 4 is 43.6 Å². The summed E-state index contributed by atoms with van der Waals surface area (Å²) in [5.74, 6) is 1.63. The van der Waals surface area contributed by atoms with Gasteiger partial charge in [0.05, 0.1) is 10.4 Å². The number of carbonyl (C=O) groups is 2. The van der Waals surface area contributed by atoms with Gasteiger partial charge >= 0.3 is 0 Å². The zero-order chi connectivity index (χ0) is 38.4. The number of aromatic nitrogens is 2. The molecule has 5 aromatic rings. The molecule has 0 aliphatic carbocycles. The number of hydrogen-bond acceptors (Lipinski definition) is 6. The molecule has 6 heterocycles. The van der Waals surface area contributed by atoms with Crippen LogP contribution in [0.2, 0.25) is 0 Å². The van der Waals surface area contributed by atoms with Crippen molar-refractivity contribution in [2.75, 3.05) is 53.4 Å². The van der Waals surface area contributed by atoms with Gasteiger partial charge in [0.1, 0.15) is 0 Å². The van der Waals surface area contributed by atoms with Gasteiger partial charge in [-0.1, -0.05) is 32.0 Å². The molecule has 0 bridgehead atoms. The smallest absolute Gasteiger partial charge is 0.268 e. The zero-order valence-corrected chi connectivity index (χ0v) is 33.5. The minimum Gasteiger partial charge on any atom is -0.358 e. The van der Waals surface area contributed by atoms with Gasteiger partial charge in [-0.25, -0.2) is 12.4 Å². The van der Waals surface area contributed by atoms with Crippen LogP contribution in [0.3, 0.4) is 0 Å². The van der Waals surface area contributed by atoms with Crippen LogP contribution in [0.25, 0.3) is 21.8 Å². The number of carbonyl (C=O) groups excluding carboxylic acids is 2. The number of H-pyrrole nitrogens is 1. The molecule has 3 aromatic carbocycles. The van der Waals surface area contributed by atoms with Crippen molar-refractivity contribution in [3.8, 4) is 0 Å². The van der Waals surface area contributed by atoms with Crippen LogP contribution in [-0.4, -0.2) is 102 Å². The molecule has 9 rings (SSSR count). The lowest BCUT2D eigenvalue weighted by Crippen LogP contribution is -2.37. The van der Waals surface area contributed by atoms with Crippen LogP contribution in [0.15, 0.2) is 71.6 Å². The highest BCUT2D eigenvalue weighted by molar-refractivity contribution is 7.90. The Labute approximate surface area is 325 Å². The molecule has 290 valence electrons. The molecule has 2 fully saturated rings. The SMILES string of the molecule is CC1CCN(C(=O)c2ccc3[nH]c4c(c3c2)CN(C)CC4)CC1.CC1CCN(C(=O)c2ccc3c(c2)c2c(n3S(=O)(=O)c3ccccc3)CCN(C)C2)CC1. The maximum absolute atomic E-state index is 13.6. The molecule has 0 atom stereocenters. The third kappa shape index (κ3) is 7.34. The van der Waals surface area contributed by atoms with Gasteiger partial charge in [-0.05, 0) is 111 Å². The molecular weight excluding hydrogens is 709 g/mol. The minimum atomic E-state index is -3.74. The van der Waals surface area contributed by atoms with E-state index >= 15 is 0 Å². The maximum atomic E-state index is 13.6. The van der Waals surface area contributed by atoms with E-state index in [0.29, 0.717) is 30.0 Å². The fourth-order valence-corrected chi connectivity index (χ4v) is 10.5. The van der Waals surface area contributed by atoms with Crippen LogP contribution < -0.4 is 0 Å². The van der Waals surface area contributed by atoms with Gasteiger partial charge in [0.15, 0.2) is 0 Å². The molecule has 0 spiro atoms. The number of aromatic amines is 1. The summed E-state index contributed by atoms with van der Waals surface area (Å²) in [5.41, 5.74) is 7.84. The van der Waals surface area contributed by atoms with Crippen LogP contribution in [0.1, 0.15) is 82.8 Å². The summed E-state index contributed by atoms with van der Waals surface area (Å²) in [6, 6.07) is 20.2. The van der Waals surface area contributed by atoms with Gasteiger partial charge in [0, 0.05) is 104 Å². The maximum Gasteiger partial charge on any atom is 0.268 e. The fraction of sp³-hybridized carbons (Fsp3) is 0.455. The monoisotopic (exact) mass is 762 g/mol. The third-order valence-electron chi connectivity index (χ3n) is 12.4. The molecule has 1 N–H and O–H groups in total. The van der Waals surface area contributed by atoms with Crippen molar-refractivity contribution in [2.45, 2.75) is 70.4 Å². The summed E-state index contributed by atoms with van der Waals surface area (Å²) in [4.78, 5) is 38.3. The minimum absolute atomic E-state index is 0.0374. The van der Waals surface area contributed by atoms with E-state index < -0.39 is 10.0 Å². The van der Waals surface area contributed by atoms with E-state index in [9.17, 15) is 18.0 Å². The van der Waals surface area contributed by atoms with Crippen LogP contribution >= 0.6 is 0 Å². The topological polar surface area (TPSA) is 102 Å². The molecule has 11 heteroatoms. The number of nitrogens with zero attached hydrogens (tertiary/aromatic N) is 5. The van der Waals surface area contributed by atoms with Crippen LogP contribution in [0, 0.1) is 11.8 Å². The number of amides is 2. The Hall–Kier alpha value is -4.45. The van der Waals surface area contributed by atoms with E-state index in [-0.39, 0.29) is 16.7 Å². The molecule has 0 radical (unpaired) electrons. The molecule has 2 saturated heterocycles. The molecule has 2 amide bonds. The van der Waals surface area contributed by atoms with Gasteiger partial charge in [-0.15, -0.1) is 0 Å². The van der Waals surface area contributed by atoms with Gasteiger partial charge in [-0.3, -0.25) is 9.59 Å². The summed E-state index contributed by atoms with van der Waals surface area (Å²) in [6.45, 7) is 11.4. The second-order valence-electron chi connectivity index (χ2n) is 16.5. The van der Waals surface area contributed by atoms with E-state index in [1.54, 1.807) is 30.3 Å². The second-order valence-corrected chi connectivity index (χ2v) is 18.3. The number of likely N-dealkylation sites (N-methyl/N-ethyl adjacent to an activating group) is 2. The number of nitrogens with one attached hydrogen (secondary N) is 1. The lowest BCUT2D eigenvalue weighted by atomic mass is 9.98. The van der Waals surface area contributed by atoms with Crippen molar-refractivity contribution in [1.82, 2.24) is 28.6 Å². The normalized spacial score (nSPS) is 18.9.